The average molecular weight is 514 g/mol. The number of pyridine rings is 1. The van der Waals surface area contributed by atoms with Gasteiger partial charge in [-0.15, -0.1) is 0 Å². The Bertz CT molecular complexity index is 1580. The van der Waals surface area contributed by atoms with Gasteiger partial charge in [-0.2, -0.15) is 4.98 Å². The highest BCUT2D eigenvalue weighted by Gasteiger charge is 2.21. The van der Waals surface area contributed by atoms with Crippen molar-refractivity contribution < 1.29 is 14.3 Å². The molecule has 0 saturated carbocycles. The largest absolute Gasteiger partial charge is 0.477 e. The Hall–Kier alpha value is -4.11. The van der Waals surface area contributed by atoms with Gasteiger partial charge in [0.05, 0.1) is 5.39 Å². The fourth-order valence-corrected chi connectivity index (χ4v) is 5.39. The standard InChI is InChI=1S/C29H28FN5O3/c30-21-11-13-34(16-21)12-10-18-4-7-22(8-5-18)32-29-31-15-24-26(36)25(28(37)38)17-35(27(24)33-29)23-9-6-19-2-1-3-20(19)14-23/h4-9,14-15,17,21H,1-3,10-13,16H2,(H,37,38)(H,31,32,33)/t21-/m1/s1. The Kier molecular flexibility index (Phi) is 6.37. The molecule has 1 aliphatic carbocycles. The van der Waals surface area contributed by atoms with E-state index in [0.717, 1.165) is 55.7 Å². The molecule has 1 atom stereocenters. The van der Waals surface area contributed by atoms with Crippen LogP contribution in [0.3, 0.4) is 0 Å². The number of aryl methyl sites for hydroxylation is 2. The fraction of sp³-hybridized carbons (Fsp3) is 0.310. The summed E-state index contributed by atoms with van der Waals surface area (Å²) in [6.07, 6.45) is 6.58. The van der Waals surface area contributed by atoms with E-state index in [4.69, 9.17) is 0 Å². The third-order valence-electron chi connectivity index (χ3n) is 7.48. The molecule has 0 amide bonds. The first-order valence-corrected chi connectivity index (χ1v) is 12.9. The summed E-state index contributed by atoms with van der Waals surface area (Å²) in [5.41, 5.74) is 4.62. The van der Waals surface area contributed by atoms with Gasteiger partial charge in [0, 0.05) is 43.4 Å². The second-order valence-electron chi connectivity index (χ2n) is 10.0. The van der Waals surface area contributed by atoms with Crippen LogP contribution in [0.2, 0.25) is 0 Å². The SMILES string of the molecule is O=C(O)c1cn(-c2ccc3c(c2)CCC3)c2nc(Nc3ccc(CCN4CC[C@@H](F)C4)cc3)ncc2c1=O. The van der Waals surface area contributed by atoms with Crippen molar-refractivity contribution in [2.45, 2.75) is 38.3 Å². The number of nitrogens with one attached hydrogen (secondary N) is 1. The molecule has 0 bridgehead atoms. The van der Waals surface area contributed by atoms with Crippen LogP contribution in [-0.2, 0) is 19.3 Å². The van der Waals surface area contributed by atoms with Gasteiger partial charge in [-0.25, -0.2) is 14.2 Å². The van der Waals surface area contributed by atoms with Gasteiger partial charge < -0.3 is 19.9 Å². The molecule has 2 aliphatic rings. The first-order valence-electron chi connectivity index (χ1n) is 12.9. The van der Waals surface area contributed by atoms with Gasteiger partial charge in [-0.05, 0) is 73.1 Å². The van der Waals surface area contributed by atoms with Crippen LogP contribution in [0.5, 0.6) is 0 Å². The van der Waals surface area contributed by atoms with Crippen LogP contribution >= 0.6 is 0 Å². The summed E-state index contributed by atoms with van der Waals surface area (Å²) in [6, 6.07) is 13.9. The van der Waals surface area contributed by atoms with Crippen molar-refractivity contribution in [3.05, 3.63) is 87.3 Å². The van der Waals surface area contributed by atoms with Crippen molar-refractivity contribution in [2.24, 2.45) is 0 Å². The van der Waals surface area contributed by atoms with Gasteiger partial charge in [-0.1, -0.05) is 18.2 Å². The minimum absolute atomic E-state index is 0.142. The maximum absolute atomic E-state index is 13.4. The minimum atomic E-state index is -1.29. The monoisotopic (exact) mass is 513 g/mol. The van der Waals surface area contributed by atoms with E-state index < -0.39 is 17.6 Å². The number of anilines is 2. The highest BCUT2D eigenvalue weighted by atomic mass is 19.1. The van der Waals surface area contributed by atoms with E-state index in [0.29, 0.717) is 24.6 Å². The number of rotatable bonds is 7. The Balaban J connectivity index is 1.29. The van der Waals surface area contributed by atoms with E-state index in [2.05, 4.69) is 26.3 Å². The molecule has 2 aromatic carbocycles. The number of benzene rings is 2. The third-order valence-corrected chi connectivity index (χ3v) is 7.48. The molecule has 38 heavy (non-hydrogen) atoms. The Morgan fingerprint density at radius 1 is 1.13 bits per heavy atom. The Morgan fingerprint density at radius 2 is 1.95 bits per heavy atom. The molecule has 194 valence electrons. The van der Waals surface area contributed by atoms with E-state index in [1.807, 2.05) is 36.4 Å². The number of carboxylic acid groups (broad SMARTS) is 1. The molecule has 6 rings (SSSR count). The van der Waals surface area contributed by atoms with Crippen molar-refractivity contribution >= 4 is 28.6 Å². The summed E-state index contributed by atoms with van der Waals surface area (Å²) in [4.78, 5) is 35.8. The number of aromatic nitrogens is 3. The maximum atomic E-state index is 13.4. The lowest BCUT2D eigenvalue weighted by Gasteiger charge is -2.15. The van der Waals surface area contributed by atoms with Gasteiger partial charge in [0.1, 0.15) is 11.7 Å². The normalized spacial score (nSPS) is 17.1. The minimum Gasteiger partial charge on any atom is -0.477 e. The van der Waals surface area contributed by atoms with Crippen molar-refractivity contribution in [3.63, 3.8) is 0 Å². The lowest BCUT2D eigenvalue weighted by atomic mass is 10.1. The third kappa shape index (κ3) is 4.77. The second-order valence-corrected chi connectivity index (χ2v) is 10.0. The summed E-state index contributed by atoms with van der Waals surface area (Å²) in [7, 11) is 0. The van der Waals surface area contributed by atoms with E-state index in [1.165, 1.54) is 23.5 Å². The zero-order valence-corrected chi connectivity index (χ0v) is 20.9. The topological polar surface area (TPSA) is 100 Å². The van der Waals surface area contributed by atoms with Crippen LogP contribution < -0.4 is 10.7 Å². The lowest BCUT2D eigenvalue weighted by molar-refractivity contribution is 0.0695. The zero-order chi connectivity index (χ0) is 26.2. The van der Waals surface area contributed by atoms with Gasteiger partial charge in [0.25, 0.3) is 0 Å². The number of carbonyl (C=O) groups is 1. The highest BCUT2D eigenvalue weighted by molar-refractivity contribution is 5.92. The van der Waals surface area contributed by atoms with E-state index >= 15 is 0 Å². The fourth-order valence-electron chi connectivity index (χ4n) is 5.39. The number of likely N-dealkylation sites (tertiary alicyclic amines) is 1. The zero-order valence-electron chi connectivity index (χ0n) is 20.9. The molecule has 1 fully saturated rings. The molecule has 0 radical (unpaired) electrons. The van der Waals surface area contributed by atoms with E-state index in [9.17, 15) is 19.1 Å². The van der Waals surface area contributed by atoms with Crippen molar-refractivity contribution in [3.8, 4) is 5.69 Å². The van der Waals surface area contributed by atoms with Crippen molar-refractivity contribution in [1.82, 2.24) is 19.4 Å². The van der Waals surface area contributed by atoms with Gasteiger partial charge in [-0.3, -0.25) is 4.79 Å². The molecular weight excluding hydrogens is 485 g/mol. The molecule has 9 heteroatoms. The summed E-state index contributed by atoms with van der Waals surface area (Å²) >= 11 is 0. The highest BCUT2D eigenvalue weighted by Crippen LogP contribution is 2.26. The van der Waals surface area contributed by atoms with Crippen LogP contribution in [0.1, 0.15) is 39.9 Å². The summed E-state index contributed by atoms with van der Waals surface area (Å²) < 4.78 is 15.1. The molecule has 4 aromatic rings. The number of hydrogen-bond donors (Lipinski definition) is 2. The predicted octanol–water partition coefficient (Wildman–Crippen LogP) is 4.30. The van der Waals surface area contributed by atoms with Gasteiger partial charge in [0.2, 0.25) is 11.4 Å². The first-order chi connectivity index (χ1) is 18.4. The van der Waals surface area contributed by atoms with Crippen molar-refractivity contribution in [1.29, 1.82) is 0 Å². The first kappa shape index (κ1) is 24.2. The molecule has 0 unspecified atom stereocenters. The average Bonchev–Trinajstić information content (AvgIpc) is 3.56. The molecular formula is C29H28FN5O3. The molecule has 2 aromatic heterocycles. The molecule has 0 spiro atoms. The van der Waals surface area contributed by atoms with Crippen LogP contribution in [0.4, 0.5) is 16.0 Å². The van der Waals surface area contributed by atoms with Crippen LogP contribution in [0.25, 0.3) is 16.7 Å². The molecule has 1 saturated heterocycles. The summed E-state index contributed by atoms with van der Waals surface area (Å²) in [6.45, 7) is 2.16. The summed E-state index contributed by atoms with van der Waals surface area (Å²) in [5.74, 6) is -0.989. The number of halogens is 1. The van der Waals surface area contributed by atoms with E-state index in [-0.39, 0.29) is 10.9 Å². The number of carboxylic acids is 1. The lowest BCUT2D eigenvalue weighted by Crippen LogP contribution is -2.23. The van der Waals surface area contributed by atoms with Crippen LogP contribution in [0.15, 0.2) is 59.7 Å². The number of alkyl halides is 1. The van der Waals surface area contributed by atoms with Crippen LogP contribution in [0, 0.1) is 0 Å². The van der Waals surface area contributed by atoms with Gasteiger partial charge >= 0.3 is 5.97 Å². The van der Waals surface area contributed by atoms with Crippen molar-refractivity contribution in [2.75, 3.05) is 25.0 Å². The van der Waals surface area contributed by atoms with Gasteiger partial charge in [0.15, 0.2) is 5.65 Å². The number of hydrogen-bond acceptors (Lipinski definition) is 6. The van der Waals surface area contributed by atoms with E-state index in [1.54, 1.807) is 4.57 Å². The quantitative estimate of drug-likeness (QED) is 0.380. The Morgan fingerprint density at radius 3 is 2.71 bits per heavy atom. The molecule has 8 nitrogen and oxygen atoms in total. The Labute approximate surface area is 218 Å². The number of fused-ring (bicyclic) bond motifs is 2. The second kappa shape index (κ2) is 9.98. The molecule has 2 N–H and O–H groups in total. The van der Waals surface area contributed by atoms with Crippen LogP contribution in [-0.4, -0.2) is 56.3 Å². The number of nitrogens with zero attached hydrogens (tertiary/aromatic N) is 4. The summed E-state index contributed by atoms with van der Waals surface area (Å²) in [5, 5.41) is 13.0. The number of aromatic carboxylic acids is 1. The molecule has 3 heterocycles. The predicted molar refractivity (Wildman–Crippen MR) is 144 cm³/mol. The maximum Gasteiger partial charge on any atom is 0.341 e. The smallest absolute Gasteiger partial charge is 0.341 e. The molecule has 1 aliphatic heterocycles.